The minimum atomic E-state index is -0.350. The van der Waals surface area contributed by atoms with Gasteiger partial charge < -0.3 is 19.7 Å². The molecular weight excluding hydrogens is 392 g/mol. The number of carbonyl (C=O) groups excluding carboxylic acids is 2. The molecular formula is C22H27ClN2O4. The predicted octanol–water partition coefficient (Wildman–Crippen LogP) is 4.46. The molecule has 2 aromatic rings. The Hall–Kier alpha value is -2.73. The average molecular weight is 419 g/mol. The van der Waals surface area contributed by atoms with E-state index in [1.165, 1.54) is 18.1 Å². The molecule has 156 valence electrons. The first-order chi connectivity index (χ1) is 13.6. The molecule has 0 aliphatic carbocycles. The molecule has 0 bridgehead atoms. The van der Waals surface area contributed by atoms with Crippen LogP contribution in [0.25, 0.3) is 0 Å². The molecule has 1 N–H and O–H groups in total. The Bertz CT molecular complexity index is 912. The second-order valence-electron chi connectivity index (χ2n) is 7.18. The zero-order valence-electron chi connectivity index (χ0n) is 17.6. The molecule has 0 aliphatic heterocycles. The number of benzene rings is 2. The average Bonchev–Trinajstić information content (AvgIpc) is 2.65. The fourth-order valence-corrected chi connectivity index (χ4v) is 3.02. The van der Waals surface area contributed by atoms with Crippen LogP contribution in [0.2, 0.25) is 5.02 Å². The van der Waals surface area contributed by atoms with Crippen LogP contribution in [0.5, 0.6) is 11.5 Å². The number of halogens is 1. The quantitative estimate of drug-likeness (QED) is 0.720. The highest BCUT2D eigenvalue weighted by Gasteiger charge is 2.20. The third-order valence-electron chi connectivity index (χ3n) is 4.22. The van der Waals surface area contributed by atoms with Crippen LogP contribution < -0.4 is 14.8 Å². The second kappa shape index (κ2) is 9.65. The maximum absolute atomic E-state index is 12.8. The molecule has 0 saturated carbocycles. The van der Waals surface area contributed by atoms with Gasteiger partial charge in [0.1, 0.15) is 0 Å². The van der Waals surface area contributed by atoms with Gasteiger partial charge in [-0.2, -0.15) is 0 Å². The van der Waals surface area contributed by atoms with E-state index in [0.29, 0.717) is 17.1 Å². The molecule has 0 radical (unpaired) electrons. The van der Waals surface area contributed by atoms with Crippen LogP contribution in [0.15, 0.2) is 30.3 Å². The Morgan fingerprint density at radius 2 is 1.86 bits per heavy atom. The number of ether oxygens (including phenoxy) is 2. The summed E-state index contributed by atoms with van der Waals surface area (Å²) in [5, 5.41) is 3.12. The zero-order valence-corrected chi connectivity index (χ0v) is 18.4. The van der Waals surface area contributed by atoms with Gasteiger partial charge in [-0.3, -0.25) is 9.59 Å². The van der Waals surface area contributed by atoms with E-state index in [-0.39, 0.29) is 29.5 Å². The lowest BCUT2D eigenvalue weighted by Crippen LogP contribution is -2.35. The highest BCUT2D eigenvalue weighted by molar-refractivity contribution is 6.32. The van der Waals surface area contributed by atoms with E-state index in [4.69, 9.17) is 21.1 Å². The summed E-state index contributed by atoms with van der Waals surface area (Å²) in [5.41, 5.74) is 3.04. The standard InChI is InChI=1S/C22H27ClN2O4/c1-13(2)29-21-17(23)10-16(11-19(21)28-6)22(27)25(5)12-20(26)24-18-9-14(3)7-8-15(18)4/h7-11,13H,12H2,1-6H3,(H,24,26). The van der Waals surface area contributed by atoms with Crippen molar-refractivity contribution in [1.82, 2.24) is 4.90 Å². The number of nitrogens with zero attached hydrogens (tertiary/aromatic N) is 1. The van der Waals surface area contributed by atoms with E-state index in [1.54, 1.807) is 13.1 Å². The summed E-state index contributed by atoms with van der Waals surface area (Å²) < 4.78 is 11.0. The molecule has 0 heterocycles. The minimum absolute atomic E-state index is 0.0978. The van der Waals surface area contributed by atoms with Crippen molar-refractivity contribution < 1.29 is 19.1 Å². The summed E-state index contributed by atoms with van der Waals surface area (Å²) in [6.45, 7) is 7.51. The number of anilines is 1. The molecule has 29 heavy (non-hydrogen) atoms. The number of amides is 2. The molecule has 2 aromatic carbocycles. The van der Waals surface area contributed by atoms with Crippen molar-refractivity contribution in [2.24, 2.45) is 0 Å². The first-order valence-corrected chi connectivity index (χ1v) is 9.67. The highest BCUT2D eigenvalue weighted by atomic mass is 35.5. The van der Waals surface area contributed by atoms with Gasteiger partial charge in [-0.25, -0.2) is 0 Å². The first-order valence-electron chi connectivity index (χ1n) is 9.29. The normalized spacial score (nSPS) is 10.6. The summed E-state index contributed by atoms with van der Waals surface area (Å²) in [6, 6.07) is 8.89. The SMILES string of the molecule is COc1cc(C(=O)N(C)CC(=O)Nc2cc(C)ccc2C)cc(Cl)c1OC(C)C. The van der Waals surface area contributed by atoms with Gasteiger partial charge in [0.05, 0.1) is 24.8 Å². The molecule has 0 aliphatic rings. The summed E-state index contributed by atoms with van der Waals surface area (Å²) >= 11 is 6.30. The van der Waals surface area contributed by atoms with Gasteiger partial charge in [0.2, 0.25) is 5.91 Å². The van der Waals surface area contributed by atoms with Gasteiger partial charge in [0.25, 0.3) is 5.91 Å². The largest absolute Gasteiger partial charge is 0.493 e. The van der Waals surface area contributed by atoms with Crippen molar-refractivity contribution in [2.75, 3.05) is 26.0 Å². The molecule has 6 nitrogen and oxygen atoms in total. The first kappa shape index (κ1) is 22.6. The number of rotatable bonds is 7. The van der Waals surface area contributed by atoms with Crippen LogP contribution in [0.4, 0.5) is 5.69 Å². The minimum Gasteiger partial charge on any atom is -0.493 e. The van der Waals surface area contributed by atoms with E-state index < -0.39 is 0 Å². The fraction of sp³-hybridized carbons (Fsp3) is 0.364. The molecule has 0 saturated heterocycles. The van der Waals surface area contributed by atoms with Crippen molar-refractivity contribution in [1.29, 1.82) is 0 Å². The zero-order chi connectivity index (χ0) is 21.7. The predicted molar refractivity (Wildman–Crippen MR) is 115 cm³/mol. The fourth-order valence-electron chi connectivity index (χ4n) is 2.76. The lowest BCUT2D eigenvalue weighted by Gasteiger charge is -2.20. The molecule has 2 amide bonds. The van der Waals surface area contributed by atoms with Crippen molar-refractivity contribution in [3.63, 3.8) is 0 Å². The van der Waals surface area contributed by atoms with Crippen LogP contribution in [-0.2, 0) is 4.79 Å². The summed E-state index contributed by atoms with van der Waals surface area (Å²) in [4.78, 5) is 26.5. The number of likely N-dealkylation sites (N-methyl/N-ethyl adjacent to an activating group) is 1. The van der Waals surface area contributed by atoms with Crippen LogP contribution in [0.1, 0.15) is 35.3 Å². The van der Waals surface area contributed by atoms with Crippen molar-refractivity contribution in [2.45, 2.75) is 33.8 Å². The van der Waals surface area contributed by atoms with E-state index in [0.717, 1.165) is 16.8 Å². The summed E-state index contributed by atoms with van der Waals surface area (Å²) in [6.07, 6.45) is -0.0978. The molecule has 0 fully saturated rings. The molecule has 0 aromatic heterocycles. The lowest BCUT2D eigenvalue weighted by atomic mass is 10.1. The third kappa shape index (κ3) is 5.87. The number of carbonyl (C=O) groups is 2. The van der Waals surface area contributed by atoms with E-state index in [1.807, 2.05) is 45.9 Å². The van der Waals surface area contributed by atoms with E-state index in [2.05, 4.69) is 5.32 Å². The molecule has 0 unspecified atom stereocenters. The summed E-state index contributed by atoms with van der Waals surface area (Å²) in [7, 11) is 3.04. The lowest BCUT2D eigenvalue weighted by molar-refractivity contribution is -0.116. The van der Waals surface area contributed by atoms with Gasteiger partial charge in [-0.15, -0.1) is 0 Å². The smallest absolute Gasteiger partial charge is 0.254 e. The van der Waals surface area contributed by atoms with Gasteiger partial charge in [0.15, 0.2) is 11.5 Å². The van der Waals surface area contributed by atoms with E-state index in [9.17, 15) is 9.59 Å². The van der Waals surface area contributed by atoms with Crippen molar-refractivity contribution in [3.8, 4) is 11.5 Å². The van der Waals surface area contributed by atoms with Gasteiger partial charge >= 0.3 is 0 Å². The molecule has 7 heteroatoms. The number of hydrogen-bond donors (Lipinski definition) is 1. The molecule has 2 rings (SSSR count). The third-order valence-corrected chi connectivity index (χ3v) is 4.51. The monoisotopic (exact) mass is 418 g/mol. The Morgan fingerprint density at radius 1 is 1.17 bits per heavy atom. The van der Waals surface area contributed by atoms with E-state index >= 15 is 0 Å². The number of hydrogen-bond acceptors (Lipinski definition) is 4. The second-order valence-corrected chi connectivity index (χ2v) is 7.59. The number of aryl methyl sites for hydroxylation is 2. The highest BCUT2D eigenvalue weighted by Crippen LogP contribution is 2.37. The van der Waals surface area contributed by atoms with Crippen molar-refractivity contribution in [3.05, 3.63) is 52.0 Å². The van der Waals surface area contributed by atoms with Crippen LogP contribution >= 0.6 is 11.6 Å². The van der Waals surface area contributed by atoms with Crippen LogP contribution in [-0.4, -0.2) is 43.5 Å². The van der Waals surface area contributed by atoms with Gasteiger partial charge in [-0.05, 0) is 57.0 Å². The Morgan fingerprint density at radius 3 is 2.48 bits per heavy atom. The topological polar surface area (TPSA) is 67.9 Å². The molecule has 0 atom stereocenters. The number of methoxy groups -OCH3 is 1. The Kier molecular flexibility index (Phi) is 7.51. The van der Waals surface area contributed by atoms with Gasteiger partial charge in [-0.1, -0.05) is 23.7 Å². The Labute approximate surface area is 176 Å². The van der Waals surface area contributed by atoms with Gasteiger partial charge in [0, 0.05) is 18.3 Å². The summed E-state index contributed by atoms with van der Waals surface area (Å²) in [5.74, 6) is 0.114. The maximum Gasteiger partial charge on any atom is 0.254 e. The maximum atomic E-state index is 12.8. The Balaban J connectivity index is 2.14. The van der Waals surface area contributed by atoms with Crippen LogP contribution in [0.3, 0.4) is 0 Å². The van der Waals surface area contributed by atoms with Crippen molar-refractivity contribution >= 4 is 29.1 Å². The van der Waals surface area contributed by atoms with Crippen LogP contribution in [0, 0.1) is 13.8 Å². The molecule has 0 spiro atoms. The number of nitrogens with one attached hydrogen (secondary N) is 1.